The lowest BCUT2D eigenvalue weighted by Gasteiger charge is -2.35. The fraction of sp³-hybridized carbons (Fsp3) is 0.429. The van der Waals surface area contributed by atoms with Crippen LogP contribution in [0.15, 0.2) is 18.2 Å². The smallest absolute Gasteiger partial charge is 0.248 e. The molecule has 2 aliphatic heterocycles. The number of carbonyl (C=O) groups excluding carboxylic acids is 1. The molecule has 0 radical (unpaired) electrons. The van der Waals surface area contributed by atoms with Gasteiger partial charge in [0.25, 0.3) is 0 Å². The SMILES string of the molecule is Cc1ccc(N2C(=O)C3SCCC3NC2=S)cc1C. The number of fused-ring (bicyclic) bond motifs is 1. The number of nitrogens with one attached hydrogen (secondary N) is 1. The summed E-state index contributed by atoms with van der Waals surface area (Å²) in [5, 5.41) is 3.85. The number of rotatable bonds is 1. The van der Waals surface area contributed by atoms with E-state index in [2.05, 4.69) is 19.2 Å². The number of carbonyl (C=O) groups is 1. The average molecular weight is 292 g/mol. The number of anilines is 1. The Balaban J connectivity index is 1.96. The van der Waals surface area contributed by atoms with Crippen LogP contribution in [0, 0.1) is 13.8 Å². The van der Waals surface area contributed by atoms with E-state index in [1.807, 2.05) is 18.2 Å². The van der Waals surface area contributed by atoms with Crippen molar-refractivity contribution in [3.63, 3.8) is 0 Å². The largest absolute Gasteiger partial charge is 0.358 e. The van der Waals surface area contributed by atoms with E-state index in [9.17, 15) is 4.79 Å². The number of thioether (sulfide) groups is 1. The van der Waals surface area contributed by atoms with Crippen molar-refractivity contribution < 1.29 is 4.79 Å². The van der Waals surface area contributed by atoms with Gasteiger partial charge >= 0.3 is 0 Å². The average Bonchev–Trinajstić information content (AvgIpc) is 2.82. The molecular formula is C14H16N2OS2. The normalized spacial score (nSPS) is 26.3. The maximum absolute atomic E-state index is 12.6. The van der Waals surface area contributed by atoms with E-state index >= 15 is 0 Å². The Morgan fingerprint density at radius 1 is 1.37 bits per heavy atom. The molecule has 2 unspecified atom stereocenters. The molecule has 1 N–H and O–H groups in total. The Morgan fingerprint density at radius 3 is 2.89 bits per heavy atom. The molecule has 0 aromatic heterocycles. The van der Waals surface area contributed by atoms with Gasteiger partial charge in [-0.15, -0.1) is 11.8 Å². The van der Waals surface area contributed by atoms with Crippen LogP contribution >= 0.6 is 24.0 Å². The highest BCUT2D eigenvalue weighted by atomic mass is 32.2. The molecule has 19 heavy (non-hydrogen) atoms. The Kier molecular flexibility index (Phi) is 3.27. The number of hydrogen-bond acceptors (Lipinski definition) is 3. The molecule has 3 nitrogen and oxygen atoms in total. The van der Waals surface area contributed by atoms with E-state index in [0.29, 0.717) is 5.11 Å². The first-order valence-electron chi connectivity index (χ1n) is 6.41. The summed E-state index contributed by atoms with van der Waals surface area (Å²) in [6.07, 6.45) is 1.02. The fourth-order valence-corrected chi connectivity index (χ4v) is 4.22. The molecule has 1 amide bonds. The van der Waals surface area contributed by atoms with Gasteiger partial charge in [0.1, 0.15) is 5.25 Å². The van der Waals surface area contributed by atoms with Crippen LogP contribution in [0.1, 0.15) is 17.5 Å². The molecule has 2 atom stereocenters. The van der Waals surface area contributed by atoms with Crippen molar-refractivity contribution in [2.45, 2.75) is 31.6 Å². The maximum Gasteiger partial charge on any atom is 0.248 e. The second-order valence-electron chi connectivity index (χ2n) is 5.08. The number of benzene rings is 1. The van der Waals surface area contributed by atoms with E-state index in [1.54, 1.807) is 16.7 Å². The first-order chi connectivity index (χ1) is 9.08. The van der Waals surface area contributed by atoms with Crippen LogP contribution in [0.2, 0.25) is 0 Å². The number of thiocarbonyl (C=S) groups is 1. The second kappa shape index (κ2) is 4.80. The highest BCUT2D eigenvalue weighted by Gasteiger charge is 2.43. The zero-order chi connectivity index (χ0) is 13.6. The zero-order valence-electron chi connectivity index (χ0n) is 11.0. The van der Waals surface area contributed by atoms with Gasteiger partial charge in [0.05, 0.1) is 5.69 Å². The molecule has 0 saturated carbocycles. The number of amides is 1. The van der Waals surface area contributed by atoms with Crippen LogP contribution < -0.4 is 10.2 Å². The maximum atomic E-state index is 12.6. The van der Waals surface area contributed by atoms with Gasteiger partial charge in [-0.3, -0.25) is 9.69 Å². The van der Waals surface area contributed by atoms with Crippen LogP contribution in [0.5, 0.6) is 0 Å². The highest BCUT2D eigenvalue weighted by molar-refractivity contribution is 8.01. The van der Waals surface area contributed by atoms with E-state index in [0.717, 1.165) is 17.9 Å². The summed E-state index contributed by atoms with van der Waals surface area (Å²) in [5.74, 6) is 1.15. The van der Waals surface area contributed by atoms with Crippen molar-refractivity contribution in [2.75, 3.05) is 10.7 Å². The minimum absolute atomic E-state index is 0.00769. The van der Waals surface area contributed by atoms with Crippen LogP contribution in [0.3, 0.4) is 0 Å². The van der Waals surface area contributed by atoms with Crippen LogP contribution in [-0.2, 0) is 4.79 Å². The minimum Gasteiger partial charge on any atom is -0.358 e. The Labute approximate surface area is 122 Å². The zero-order valence-corrected chi connectivity index (χ0v) is 12.6. The Morgan fingerprint density at radius 2 is 2.16 bits per heavy atom. The molecule has 5 heteroatoms. The third-order valence-electron chi connectivity index (χ3n) is 3.82. The van der Waals surface area contributed by atoms with E-state index in [1.165, 1.54) is 11.1 Å². The molecule has 2 saturated heterocycles. The first-order valence-corrected chi connectivity index (χ1v) is 7.87. The number of hydrogen-bond donors (Lipinski definition) is 1. The van der Waals surface area contributed by atoms with Gasteiger partial charge in [0, 0.05) is 6.04 Å². The second-order valence-corrected chi connectivity index (χ2v) is 6.71. The van der Waals surface area contributed by atoms with Crippen LogP contribution in [0.4, 0.5) is 5.69 Å². The van der Waals surface area contributed by atoms with Crippen molar-refractivity contribution in [1.29, 1.82) is 0 Å². The van der Waals surface area contributed by atoms with Crippen molar-refractivity contribution in [1.82, 2.24) is 5.32 Å². The summed E-state index contributed by atoms with van der Waals surface area (Å²) in [4.78, 5) is 14.2. The van der Waals surface area contributed by atoms with Gasteiger partial charge in [0.2, 0.25) is 5.91 Å². The van der Waals surface area contributed by atoms with Crippen molar-refractivity contribution in [2.24, 2.45) is 0 Å². The third kappa shape index (κ3) is 2.15. The quantitative estimate of drug-likeness (QED) is 0.806. The molecule has 0 spiro atoms. The molecule has 2 fully saturated rings. The summed E-state index contributed by atoms with van der Waals surface area (Å²) < 4.78 is 0. The topological polar surface area (TPSA) is 32.3 Å². The molecule has 1 aromatic rings. The highest BCUT2D eigenvalue weighted by Crippen LogP contribution is 2.33. The summed E-state index contributed by atoms with van der Waals surface area (Å²) in [6.45, 7) is 4.12. The first kappa shape index (κ1) is 12.9. The van der Waals surface area contributed by atoms with E-state index in [-0.39, 0.29) is 17.2 Å². The predicted molar refractivity (Wildman–Crippen MR) is 83.8 cm³/mol. The van der Waals surface area contributed by atoms with Crippen molar-refractivity contribution in [3.8, 4) is 0 Å². The van der Waals surface area contributed by atoms with Gasteiger partial charge in [-0.2, -0.15) is 0 Å². The van der Waals surface area contributed by atoms with Crippen LogP contribution in [0.25, 0.3) is 0 Å². The molecule has 2 aliphatic rings. The van der Waals surface area contributed by atoms with E-state index < -0.39 is 0 Å². The van der Waals surface area contributed by atoms with Gasteiger partial charge in [-0.25, -0.2) is 0 Å². The Hall–Kier alpha value is -1.07. The van der Waals surface area contributed by atoms with Gasteiger partial charge in [-0.1, -0.05) is 6.07 Å². The van der Waals surface area contributed by atoms with Crippen LogP contribution in [-0.4, -0.2) is 28.1 Å². The summed E-state index contributed by atoms with van der Waals surface area (Å²) in [5.41, 5.74) is 3.27. The molecule has 100 valence electrons. The number of aryl methyl sites for hydroxylation is 2. The monoisotopic (exact) mass is 292 g/mol. The molecule has 2 heterocycles. The summed E-state index contributed by atoms with van der Waals surface area (Å²) in [6, 6.07) is 6.25. The lowest BCUT2D eigenvalue weighted by Crippen LogP contribution is -2.60. The molecular weight excluding hydrogens is 276 g/mol. The van der Waals surface area contributed by atoms with Crippen molar-refractivity contribution >= 4 is 40.7 Å². The molecule has 1 aromatic carbocycles. The molecule has 0 aliphatic carbocycles. The van der Waals surface area contributed by atoms with Gasteiger partial charge < -0.3 is 5.32 Å². The molecule has 0 bridgehead atoms. The van der Waals surface area contributed by atoms with Gasteiger partial charge in [0.15, 0.2) is 5.11 Å². The van der Waals surface area contributed by atoms with E-state index in [4.69, 9.17) is 12.2 Å². The summed E-state index contributed by atoms with van der Waals surface area (Å²) >= 11 is 7.10. The van der Waals surface area contributed by atoms with Gasteiger partial charge in [-0.05, 0) is 61.5 Å². The molecule has 3 rings (SSSR count). The standard InChI is InChI=1S/C14H16N2OS2/c1-8-3-4-10(7-9(8)2)16-13(17)12-11(5-6-19-12)15-14(16)18/h3-4,7,11-12H,5-6H2,1-2H3,(H,15,18). The minimum atomic E-state index is 0.00769. The lowest BCUT2D eigenvalue weighted by atomic mass is 10.1. The lowest BCUT2D eigenvalue weighted by molar-refractivity contribution is -0.117. The Bertz CT molecular complexity index is 558. The third-order valence-corrected chi connectivity index (χ3v) is 5.48. The number of nitrogens with zero attached hydrogens (tertiary/aromatic N) is 1. The summed E-state index contributed by atoms with van der Waals surface area (Å²) in [7, 11) is 0. The predicted octanol–water partition coefficient (Wildman–Crippen LogP) is 2.40. The van der Waals surface area contributed by atoms with Crippen molar-refractivity contribution in [3.05, 3.63) is 29.3 Å². The fourth-order valence-electron chi connectivity index (χ4n) is 2.54.